The van der Waals surface area contributed by atoms with E-state index in [4.69, 9.17) is 28.6 Å². The van der Waals surface area contributed by atoms with Crippen molar-refractivity contribution in [3.8, 4) is 0 Å². The minimum atomic E-state index is 0.0409. The third kappa shape index (κ3) is 5.73. The Morgan fingerprint density at radius 2 is 1.59 bits per heavy atom. The molecule has 0 aromatic heterocycles. The molecule has 0 spiro atoms. The van der Waals surface area contributed by atoms with Crippen molar-refractivity contribution in [2.24, 2.45) is 5.10 Å². The topological polar surface area (TPSA) is 72.3 Å². The van der Waals surface area contributed by atoms with Crippen LogP contribution in [0.2, 0.25) is 10.0 Å². The minimum absolute atomic E-state index is 0.0409. The molecule has 0 radical (unpaired) electrons. The van der Waals surface area contributed by atoms with Crippen LogP contribution < -0.4 is 16.3 Å². The van der Waals surface area contributed by atoms with Gasteiger partial charge in [0.1, 0.15) is 0 Å². The van der Waals surface area contributed by atoms with E-state index in [0.717, 1.165) is 11.1 Å². The average molecular weight is 336 g/mol. The van der Waals surface area contributed by atoms with Crippen molar-refractivity contribution in [1.29, 1.82) is 5.41 Å². The van der Waals surface area contributed by atoms with E-state index in [9.17, 15) is 0 Å². The Morgan fingerprint density at radius 3 is 2.23 bits per heavy atom. The summed E-state index contributed by atoms with van der Waals surface area (Å²) in [5, 5.41) is 13.0. The number of hydrazone groups is 1. The fourth-order valence-corrected chi connectivity index (χ4v) is 1.84. The number of hydrogen-bond donors (Lipinski definition) is 4. The van der Waals surface area contributed by atoms with Gasteiger partial charge in [0, 0.05) is 16.6 Å². The number of nitrogens with one attached hydrogen (secondary N) is 4. The van der Waals surface area contributed by atoms with E-state index in [2.05, 4.69) is 21.4 Å². The molecule has 0 aliphatic rings. The summed E-state index contributed by atoms with van der Waals surface area (Å²) in [5.41, 5.74) is 10.1. The summed E-state index contributed by atoms with van der Waals surface area (Å²) in [6.45, 7) is 0.558. The monoisotopic (exact) mass is 335 g/mol. The second-order valence-electron chi connectivity index (χ2n) is 4.40. The third-order valence-corrected chi connectivity index (χ3v) is 3.18. The van der Waals surface area contributed by atoms with Crippen LogP contribution in [0.3, 0.4) is 0 Å². The van der Waals surface area contributed by atoms with Gasteiger partial charge in [-0.25, -0.2) is 10.9 Å². The number of nitrogens with zero attached hydrogens (tertiary/aromatic N) is 1. The van der Waals surface area contributed by atoms with Gasteiger partial charge < -0.3 is 0 Å². The van der Waals surface area contributed by atoms with Crippen LogP contribution in [-0.4, -0.2) is 12.2 Å². The SMILES string of the molecule is N=C(NN=Cc1ccc(Cl)cc1)NNCc1ccc(Cl)cc1. The maximum absolute atomic E-state index is 7.65. The van der Waals surface area contributed by atoms with Crippen LogP contribution in [0.4, 0.5) is 0 Å². The molecule has 2 aromatic carbocycles. The van der Waals surface area contributed by atoms with E-state index in [1.807, 2.05) is 36.4 Å². The highest BCUT2D eigenvalue weighted by molar-refractivity contribution is 6.30. The highest BCUT2D eigenvalue weighted by atomic mass is 35.5. The van der Waals surface area contributed by atoms with Crippen molar-refractivity contribution in [2.45, 2.75) is 6.54 Å². The van der Waals surface area contributed by atoms with Crippen molar-refractivity contribution in [3.63, 3.8) is 0 Å². The molecule has 0 saturated heterocycles. The van der Waals surface area contributed by atoms with Crippen molar-refractivity contribution in [2.75, 3.05) is 0 Å². The zero-order valence-electron chi connectivity index (χ0n) is 11.6. The number of hydrazine groups is 1. The van der Waals surface area contributed by atoms with Gasteiger partial charge in [0.05, 0.1) is 6.21 Å². The molecular weight excluding hydrogens is 321 g/mol. The second-order valence-corrected chi connectivity index (χ2v) is 5.27. The van der Waals surface area contributed by atoms with Crippen LogP contribution in [0.1, 0.15) is 11.1 Å². The number of halogens is 2. The maximum Gasteiger partial charge on any atom is 0.223 e. The molecule has 22 heavy (non-hydrogen) atoms. The van der Waals surface area contributed by atoms with Gasteiger partial charge in [-0.2, -0.15) is 5.10 Å². The van der Waals surface area contributed by atoms with Gasteiger partial charge in [-0.3, -0.25) is 10.8 Å². The van der Waals surface area contributed by atoms with Crippen LogP contribution in [-0.2, 0) is 6.54 Å². The first-order chi connectivity index (χ1) is 10.6. The van der Waals surface area contributed by atoms with E-state index < -0.39 is 0 Å². The van der Waals surface area contributed by atoms with E-state index in [1.54, 1.807) is 18.3 Å². The highest BCUT2D eigenvalue weighted by Crippen LogP contribution is 2.09. The quantitative estimate of drug-likeness (QED) is 0.385. The number of benzene rings is 2. The molecule has 2 aromatic rings. The van der Waals surface area contributed by atoms with Crippen molar-refractivity contribution >= 4 is 35.4 Å². The lowest BCUT2D eigenvalue weighted by atomic mass is 10.2. The normalized spacial score (nSPS) is 10.6. The van der Waals surface area contributed by atoms with Crippen molar-refractivity contribution in [1.82, 2.24) is 16.3 Å². The van der Waals surface area contributed by atoms with Crippen LogP contribution in [0.15, 0.2) is 53.6 Å². The van der Waals surface area contributed by atoms with Crippen LogP contribution in [0.25, 0.3) is 0 Å². The van der Waals surface area contributed by atoms with Gasteiger partial charge in [-0.05, 0) is 35.4 Å². The van der Waals surface area contributed by atoms with Gasteiger partial charge in [-0.15, -0.1) is 0 Å². The first-order valence-electron chi connectivity index (χ1n) is 6.50. The van der Waals surface area contributed by atoms with Gasteiger partial charge in [-0.1, -0.05) is 47.5 Å². The lowest BCUT2D eigenvalue weighted by Gasteiger charge is -2.08. The standard InChI is InChI=1S/C15H15Cl2N5/c16-13-5-1-11(2-6-13)9-19-21-15(18)22-20-10-12-3-7-14(17)8-4-12/h1-9,20H,10H2,(H3,18,21,22). The van der Waals surface area contributed by atoms with Crippen LogP contribution >= 0.6 is 23.2 Å². The largest absolute Gasteiger partial charge is 0.290 e. The molecule has 0 fully saturated rings. The maximum atomic E-state index is 7.65. The summed E-state index contributed by atoms with van der Waals surface area (Å²) < 4.78 is 0. The van der Waals surface area contributed by atoms with Gasteiger partial charge >= 0.3 is 0 Å². The first kappa shape index (κ1) is 16.3. The first-order valence-corrected chi connectivity index (χ1v) is 7.25. The molecular formula is C15H15Cl2N5. The summed E-state index contributed by atoms with van der Waals surface area (Å²) in [6.07, 6.45) is 1.60. The van der Waals surface area contributed by atoms with Gasteiger partial charge in [0.2, 0.25) is 5.96 Å². The molecule has 5 nitrogen and oxygen atoms in total. The van der Waals surface area contributed by atoms with E-state index in [0.29, 0.717) is 16.6 Å². The van der Waals surface area contributed by atoms with E-state index in [-0.39, 0.29) is 5.96 Å². The summed E-state index contributed by atoms with van der Waals surface area (Å²) in [5.74, 6) is 0.0409. The Bertz CT molecular complexity index is 638. The Morgan fingerprint density at radius 1 is 1.00 bits per heavy atom. The minimum Gasteiger partial charge on any atom is -0.290 e. The van der Waals surface area contributed by atoms with E-state index >= 15 is 0 Å². The molecule has 0 saturated carbocycles. The fourth-order valence-electron chi connectivity index (χ4n) is 1.59. The van der Waals surface area contributed by atoms with Gasteiger partial charge in [0.15, 0.2) is 0 Å². The molecule has 0 unspecified atom stereocenters. The molecule has 2 rings (SSSR count). The zero-order valence-corrected chi connectivity index (χ0v) is 13.1. The average Bonchev–Trinajstić information content (AvgIpc) is 2.51. The second kappa shape index (κ2) is 8.38. The predicted octanol–water partition coefficient (Wildman–Crippen LogP) is 3.15. The fraction of sp³-hybridized carbons (Fsp3) is 0.0667. The van der Waals surface area contributed by atoms with Crippen molar-refractivity contribution < 1.29 is 0 Å². The lowest BCUT2D eigenvalue weighted by molar-refractivity contribution is 0.633. The summed E-state index contributed by atoms with van der Waals surface area (Å²) in [6, 6.07) is 14.7. The Kier molecular flexibility index (Phi) is 6.21. The molecule has 4 N–H and O–H groups in total. The molecule has 0 heterocycles. The molecule has 0 amide bonds. The lowest BCUT2D eigenvalue weighted by Crippen LogP contribution is -2.42. The predicted molar refractivity (Wildman–Crippen MR) is 91.3 cm³/mol. The van der Waals surface area contributed by atoms with E-state index in [1.165, 1.54) is 0 Å². The molecule has 7 heteroatoms. The number of rotatable bonds is 5. The molecule has 0 bridgehead atoms. The Hall–Kier alpha value is -2.08. The molecule has 0 atom stereocenters. The Balaban J connectivity index is 1.69. The summed E-state index contributed by atoms with van der Waals surface area (Å²) >= 11 is 11.6. The van der Waals surface area contributed by atoms with Crippen LogP contribution in [0, 0.1) is 5.41 Å². The van der Waals surface area contributed by atoms with Crippen LogP contribution in [0.5, 0.6) is 0 Å². The van der Waals surface area contributed by atoms with Gasteiger partial charge in [0.25, 0.3) is 0 Å². The number of guanidine groups is 1. The van der Waals surface area contributed by atoms with Crippen molar-refractivity contribution in [3.05, 3.63) is 69.7 Å². The number of hydrogen-bond acceptors (Lipinski definition) is 3. The Labute approximate surface area is 138 Å². The third-order valence-electron chi connectivity index (χ3n) is 2.68. The summed E-state index contributed by atoms with van der Waals surface area (Å²) in [4.78, 5) is 0. The smallest absolute Gasteiger partial charge is 0.223 e. The molecule has 0 aliphatic heterocycles. The highest BCUT2D eigenvalue weighted by Gasteiger charge is 1.95. The molecule has 0 aliphatic carbocycles. The summed E-state index contributed by atoms with van der Waals surface area (Å²) in [7, 11) is 0. The molecule has 114 valence electrons. The zero-order chi connectivity index (χ0) is 15.8.